The molecule has 1 heterocycles. The summed E-state index contributed by atoms with van der Waals surface area (Å²) in [6.45, 7) is 3.47. The van der Waals surface area contributed by atoms with Crippen molar-refractivity contribution in [2.24, 2.45) is 0 Å². The van der Waals surface area contributed by atoms with E-state index in [1.165, 1.54) is 31.5 Å². The van der Waals surface area contributed by atoms with E-state index in [-0.39, 0.29) is 5.82 Å². The van der Waals surface area contributed by atoms with Crippen molar-refractivity contribution in [3.05, 3.63) is 35.6 Å². The van der Waals surface area contributed by atoms with Gasteiger partial charge >= 0.3 is 0 Å². The fraction of sp³-hybridized carbons (Fsp3) is 0.600. The van der Waals surface area contributed by atoms with Crippen molar-refractivity contribution >= 4 is 0 Å². The van der Waals surface area contributed by atoms with Gasteiger partial charge in [0.2, 0.25) is 0 Å². The van der Waals surface area contributed by atoms with E-state index in [1.807, 2.05) is 12.1 Å². The number of nitrogens with zero attached hydrogens (tertiary/aromatic N) is 1. The van der Waals surface area contributed by atoms with Crippen molar-refractivity contribution in [3.63, 3.8) is 0 Å². The van der Waals surface area contributed by atoms with Gasteiger partial charge in [0.1, 0.15) is 5.82 Å². The number of nitrogens with one attached hydrogen (secondary N) is 1. The molecule has 0 unspecified atom stereocenters. The molecule has 100 valence electrons. The summed E-state index contributed by atoms with van der Waals surface area (Å²) in [5.74, 6) is -0.150. The summed E-state index contributed by atoms with van der Waals surface area (Å²) in [5, 5.41) is 3.62. The molecule has 0 atom stereocenters. The molecule has 2 rings (SSSR count). The Balaban J connectivity index is 1.60. The van der Waals surface area contributed by atoms with Gasteiger partial charge in [0.25, 0.3) is 0 Å². The van der Waals surface area contributed by atoms with Crippen molar-refractivity contribution in [3.8, 4) is 0 Å². The van der Waals surface area contributed by atoms with Crippen LogP contribution in [0.5, 0.6) is 0 Å². The second-order valence-electron chi connectivity index (χ2n) is 5.26. The lowest BCUT2D eigenvalue weighted by molar-refractivity contribution is 0.235. The van der Waals surface area contributed by atoms with Gasteiger partial charge in [0.15, 0.2) is 0 Å². The third-order valence-electron chi connectivity index (χ3n) is 3.71. The Morgan fingerprint density at radius 3 is 2.56 bits per heavy atom. The van der Waals surface area contributed by atoms with E-state index in [0.29, 0.717) is 6.04 Å². The number of benzene rings is 1. The summed E-state index contributed by atoms with van der Waals surface area (Å²) in [7, 11) is 2.19. The Kier molecular flexibility index (Phi) is 5.14. The van der Waals surface area contributed by atoms with Gasteiger partial charge in [-0.2, -0.15) is 0 Å². The fourth-order valence-corrected chi connectivity index (χ4v) is 2.46. The third-order valence-corrected chi connectivity index (χ3v) is 3.71. The summed E-state index contributed by atoms with van der Waals surface area (Å²) in [6.07, 6.45) is 4.66. The molecule has 1 fully saturated rings. The lowest BCUT2D eigenvalue weighted by Crippen LogP contribution is -2.41. The maximum atomic E-state index is 12.7. The predicted molar refractivity (Wildman–Crippen MR) is 73.2 cm³/mol. The van der Waals surface area contributed by atoms with Crippen LogP contribution in [0.4, 0.5) is 4.39 Å². The van der Waals surface area contributed by atoms with E-state index >= 15 is 0 Å². The normalized spacial score (nSPS) is 18.1. The number of likely N-dealkylation sites (tertiary alicyclic amines) is 1. The van der Waals surface area contributed by atoms with Crippen molar-refractivity contribution in [1.29, 1.82) is 0 Å². The second kappa shape index (κ2) is 6.86. The van der Waals surface area contributed by atoms with Crippen LogP contribution in [0.1, 0.15) is 24.8 Å². The van der Waals surface area contributed by atoms with Gasteiger partial charge in [-0.15, -0.1) is 0 Å². The maximum Gasteiger partial charge on any atom is 0.123 e. The summed E-state index contributed by atoms with van der Waals surface area (Å²) in [6, 6.07) is 7.53. The molecule has 1 N–H and O–H groups in total. The van der Waals surface area contributed by atoms with Crippen LogP contribution in [0, 0.1) is 5.82 Å². The molecular formula is C15H23FN2. The molecule has 1 aliphatic heterocycles. The molecule has 0 saturated carbocycles. The van der Waals surface area contributed by atoms with E-state index in [0.717, 1.165) is 19.4 Å². The van der Waals surface area contributed by atoms with Crippen LogP contribution < -0.4 is 5.32 Å². The molecule has 0 aromatic heterocycles. The van der Waals surface area contributed by atoms with Gasteiger partial charge < -0.3 is 10.2 Å². The number of aryl methyl sites for hydroxylation is 1. The summed E-state index contributed by atoms with van der Waals surface area (Å²) >= 11 is 0. The maximum absolute atomic E-state index is 12.7. The zero-order valence-corrected chi connectivity index (χ0v) is 11.2. The number of halogens is 1. The fourth-order valence-electron chi connectivity index (χ4n) is 2.46. The highest BCUT2D eigenvalue weighted by Crippen LogP contribution is 2.09. The molecule has 1 saturated heterocycles. The molecule has 0 aliphatic carbocycles. The predicted octanol–water partition coefficient (Wildman–Crippen LogP) is 2.44. The minimum absolute atomic E-state index is 0.150. The van der Waals surface area contributed by atoms with Gasteiger partial charge in [-0.1, -0.05) is 12.1 Å². The monoisotopic (exact) mass is 250 g/mol. The van der Waals surface area contributed by atoms with Crippen LogP contribution in [0.2, 0.25) is 0 Å². The molecule has 3 heteroatoms. The van der Waals surface area contributed by atoms with Crippen LogP contribution >= 0.6 is 0 Å². The largest absolute Gasteiger partial charge is 0.314 e. The first-order valence-electron chi connectivity index (χ1n) is 6.90. The highest BCUT2D eigenvalue weighted by molar-refractivity contribution is 5.15. The quantitative estimate of drug-likeness (QED) is 0.808. The van der Waals surface area contributed by atoms with Gasteiger partial charge in [-0.05, 0) is 70.1 Å². The second-order valence-corrected chi connectivity index (χ2v) is 5.26. The first kappa shape index (κ1) is 13.5. The minimum Gasteiger partial charge on any atom is -0.314 e. The van der Waals surface area contributed by atoms with Crippen LogP contribution in [-0.4, -0.2) is 37.6 Å². The van der Waals surface area contributed by atoms with Gasteiger partial charge in [0.05, 0.1) is 0 Å². The summed E-state index contributed by atoms with van der Waals surface area (Å²) in [4.78, 5) is 2.39. The summed E-state index contributed by atoms with van der Waals surface area (Å²) in [5.41, 5.74) is 1.22. The number of piperidine rings is 1. The zero-order chi connectivity index (χ0) is 12.8. The Morgan fingerprint density at radius 2 is 1.89 bits per heavy atom. The first-order valence-corrected chi connectivity index (χ1v) is 6.90. The highest BCUT2D eigenvalue weighted by Gasteiger charge is 2.15. The van der Waals surface area contributed by atoms with Crippen LogP contribution in [0.3, 0.4) is 0 Å². The van der Waals surface area contributed by atoms with Gasteiger partial charge in [0, 0.05) is 6.04 Å². The number of rotatable bonds is 5. The standard InChI is InChI=1S/C15H23FN2/c1-18-11-8-15(9-12-18)17-10-2-3-13-4-6-14(16)7-5-13/h4-7,15,17H,2-3,8-12H2,1H3. The number of hydrogen-bond donors (Lipinski definition) is 1. The van der Waals surface area contributed by atoms with E-state index in [1.54, 1.807) is 12.1 Å². The van der Waals surface area contributed by atoms with E-state index in [2.05, 4.69) is 17.3 Å². The van der Waals surface area contributed by atoms with Crippen LogP contribution in [0.15, 0.2) is 24.3 Å². The van der Waals surface area contributed by atoms with Crippen molar-refractivity contribution < 1.29 is 4.39 Å². The molecule has 1 aromatic carbocycles. The molecule has 0 spiro atoms. The Bertz CT molecular complexity index is 342. The zero-order valence-electron chi connectivity index (χ0n) is 11.2. The minimum atomic E-state index is -0.150. The van der Waals surface area contributed by atoms with Crippen molar-refractivity contribution in [1.82, 2.24) is 10.2 Å². The van der Waals surface area contributed by atoms with Crippen molar-refractivity contribution in [2.75, 3.05) is 26.7 Å². The van der Waals surface area contributed by atoms with E-state index in [9.17, 15) is 4.39 Å². The van der Waals surface area contributed by atoms with Crippen molar-refractivity contribution in [2.45, 2.75) is 31.7 Å². The first-order chi connectivity index (χ1) is 8.74. The molecule has 1 aliphatic rings. The molecule has 0 radical (unpaired) electrons. The smallest absolute Gasteiger partial charge is 0.123 e. The SMILES string of the molecule is CN1CCC(NCCCc2ccc(F)cc2)CC1. The molecular weight excluding hydrogens is 227 g/mol. The van der Waals surface area contributed by atoms with Gasteiger partial charge in [-0.3, -0.25) is 0 Å². The van der Waals surface area contributed by atoms with E-state index in [4.69, 9.17) is 0 Å². The topological polar surface area (TPSA) is 15.3 Å². The molecule has 2 nitrogen and oxygen atoms in total. The summed E-state index contributed by atoms with van der Waals surface area (Å²) < 4.78 is 12.7. The molecule has 0 bridgehead atoms. The van der Waals surface area contributed by atoms with Crippen LogP contribution in [0.25, 0.3) is 0 Å². The highest BCUT2D eigenvalue weighted by atomic mass is 19.1. The third kappa shape index (κ3) is 4.39. The Morgan fingerprint density at radius 1 is 1.22 bits per heavy atom. The van der Waals surface area contributed by atoms with Gasteiger partial charge in [-0.25, -0.2) is 4.39 Å². The lowest BCUT2D eigenvalue weighted by atomic mass is 10.0. The Labute approximate surface area is 109 Å². The molecule has 1 aromatic rings. The molecule has 0 amide bonds. The average molecular weight is 250 g/mol. The van der Waals surface area contributed by atoms with Crippen LogP contribution in [-0.2, 0) is 6.42 Å². The van der Waals surface area contributed by atoms with E-state index < -0.39 is 0 Å². The lowest BCUT2D eigenvalue weighted by Gasteiger charge is -2.29. The Hall–Kier alpha value is -0.930. The average Bonchev–Trinajstić information content (AvgIpc) is 2.39. The molecule has 18 heavy (non-hydrogen) atoms. The number of hydrogen-bond acceptors (Lipinski definition) is 2.